The first-order valence-electron chi connectivity index (χ1n) is 9.12. The highest BCUT2D eigenvalue weighted by molar-refractivity contribution is 6.05. The minimum atomic E-state index is -0.686. The number of fused-ring (bicyclic) bond motifs is 1. The van der Waals surface area contributed by atoms with Gasteiger partial charge >= 0.3 is 5.97 Å². The molecular weight excluding hydrogens is 376 g/mol. The van der Waals surface area contributed by atoms with Crippen molar-refractivity contribution < 1.29 is 28.6 Å². The molecule has 0 saturated heterocycles. The Hall–Kier alpha value is -3.55. The van der Waals surface area contributed by atoms with Gasteiger partial charge in [0.1, 0.15) is 0 Å². The summed E-state index contributed by atoms with van der Waals surface area (Å²) in [7, 11) is 1.50. The number of nitrogens with one attached hydrogen (secondary N) is 1. The summed E-state index contributed by atoms with van der Waals surface area (Å²) < 4.78 is 15.6. The van der Waals surface area contributed by atoms with Crippen molar-refractivity contribution in [1.29, 1.82) is 0 Å². The van der Waals surface area contributed by atoms with E-state index in [1.165, 1.54) is 12.0 Å². The van der Waals surface area contributed by atoms with Crippen LogP contribution in [0.1, 0.15) is 13.3 Å². The zero-order valence-corrected chi connectivity index (χ0v) is 16.2. The van der Waals surface area contributed by atoms with E-state index < -0.39 is 18.5 Å². The van der Waals surface area contributed by atoms with E-state index >= 15 is 0 Å². The zero-order chi connectivity index (χ0) is 20.8. The SMILES string of the molecule is COc1ccccc1OCC(=O)OCC(=O)N1c2ccccc2NC(=O)C[C@@H]1C. The summed E-state index contributed by atoms with van der Waals surface area (Å²) in [6, 6.07) is 13.5. The van der Waals surface area contributed by atoms with E-state index in [2.05, 4.69) is 5.32 Å². The van der Waals surface area contributed by atoms with Crippen molar-refractivity contribution in [2.24, 2.45) is 0 Å². The number of nitrogens with zero attached hydrogens (tertiary/aromatic N) is 1. The standard InChI is InChI=1S/C21H22N2O6/c1-14-11-19(24)22-15-7-3-4-8-16(15)23(14)20(25)12-29-21(26)13-28-18-10-6-5-9-17(18)27-2/h3-10,14H,11-13H2,1-2H3,(H,22,24)/t14-/m0/s1. The molecule has 152 valence electrons. The van der Waals surface area contributed by atoms with Crippen LogP contribution < -0.4 is 19.7 Å². The van der Waals surface area contributed by atoms with Crippen molar-refractivity contribution in [2.45, 2.75) is 19.4 Å². The lowest BCUT2D eigenvalue weighted by Gasteiger charge is -2.27. The van der Waals surface area contributed by atoms with Crippen LogP contribution in [0.25, 0.3) is 0 Å². The molecule has 0 aliphatic carbocycles. The molecule has 1 aliphatic heterocycles. The minimum Gasteiger partial charge on any atom is -0.493 e. The van der Waals surface area contributed by atoms with Gasteiger partial charge in [0.05, 0.1) is 18.5 Å². The number of hydrogen-bond acceptors (Lipinski definition) is 6. The number of ether oxygens (including phenoxy) is 3. The molecule has 2 aromatic rings. The number of hydrogen-bond donors (Lipinski definition) is 1. The Kier molecular flexibility index (Phi) is 6.33. The quantitative estimate of drug-likeness (QED) is 0.751. The van der Waals surface area contributed by atoms with E-state index in [0.717, 1.165) is 0 Å². The van der Waals surface area contributed by atoms with Crippen molar-refractivity contribution >= 4 is 29.2 Å². The van der Waals surface area contributed by atoms with Gasteiger partial charge in [-0.25, -0.2) is 4.79 Å². The molecule has 0 spiro atoms. The van der Waals surface area contributed by atoms with Gasteiger partial charge in [-0.2, -0.15) is 0 Å². The number of amides is 2. The third-order valence-corrected chi connectivity index (χ3v) is 4.40. The average Bonchev–Trinajstić information content (AvgIpc) is 2.84. The number of esters is 1. The van der Waals surface area contributed by atoms with Gasteiger partial charge in [0.25, 0.3) is 5.91 Å². The van der Waals surface area contributed by atoms with Gasteiger partial charge in [-0.1, -0.05) is 24.3 Å². The fourth-order valence-corrected chi connectivity index (χ4v) is 3.10. The molecule has 1 heterocycles. The Bertz CT molecular complexity index is 914. The Labute approximate surface area is 168 Å². The van der Waals surface area contributed by atoms with E-state index in [1.54, 1.807) is 55.5 Å². The average molecular weight is 398 g/mol. The van der Waals surface area contributed by atoms with Gasteiger partial charge in [0.2, 0.25) is 5.91 Å². The van der Waals surface area contributed by atoms with E-state index in [-0.39, 0.29) is 25.0 Å². The highest BCUT2D eigenvalue weighted by Gasteiger charge is 2.30. The predicted molar refractivity (Wildman–Crippen MR) is 106 cm³/mol. The molecule has 1 aliphatic rings. The molecule has 0 unspecified atom stereocenters. The summed E-state index contributed by atoms with van der Waals surface area (Å²) in [6.07, 6.45) is 0.144. The van der Waals surface area contributed by atoms with E-state index in [9.17, 15) is 14.4 Å². The maximum atomic E-state index is 12.8. The highest BCUT2D eigenvalue weighted by Crippen LogP contribution is 2.31. The largest absolute Gasteiger partial charge is 0.493 e. The number of rotatable bonds is 6. The maximum absolute atomic E-state index is 12.8. The molecule has 0 fully saturated rings. The van der Waals surface area contributed by atoms with Crippen molar-refractivity contribution in [1.82, 2.24) is 0 Å². The summed E-state index contributed by atoms with van der Waals surface area (Å²) in [5.74, 6) is -0.398. The van der Waals surface area contributed by atoms with Crippen molar-refractivity contribution in [3.63, 3.8) is 0 Å². The molecule has 2 aromatic carbocycles. The van der Waals surface area contributed by atoms with Crippen LogP contribution >= 0.6 is 0 Å². The lowest BCUT2D eigenvalue weighted by Crippen LogP contribution is -2.41. The fourth-order valence-electron chi connectivity index (χ4n) is 3.10. The number of benzene rings is 2. The number of methoxy groups -OCH3 is 1. The smallest absolute Gasteiger partial charge is 0.344 e. The summed E-state index contributed by atoms with van der Waals surface area (Å²) >= 11 is 0. The molecule has 0 bridgehead atoms. The van der Waals surface area contributed by atoms with Gasteiger partial charge < -0.3 is 24.4 Å². The highest BCUT2D eigenvalue weighted by atomic mass is 16.6. The summed E-state index contributed by atoms with van der Waals surface area (Å²) in [5, 5.41) is 2.78. The molecule has 0 aromatic heterocycles. The monoisotopic (exact) mass is 398 g/mol. The van der Waals surface area contributed by atoms with Crippen LogP contribution in [-0.4, -0.2) is 44.1 Å². The van der Waals surface area contributed by atoms with Gasteiger partial charge in [0.15, 0.2) is 24.7 Å². The molecule has 1 atom stereocenters. The summed E-state index contributed by atoms with van der Waals surface area (Å²) in [4.78, 5) is 38.3. The Balaban J connectivity index is 1.61. The third kappa shape index (κ3) is 4.84. The van der Waals surface area contributed by atoms with Crippen LogP contribution in [0, 0.1) is 0 Å². The van der Waals surface area contributed by atoms with Crippen LogP contribution in [0.3, 0.4) is 0 Å². The fraction of sp³-hybridized carbons (Fsp3) is 0.286. The second kappa shape index (κ2) is 9.09. The van der Waals surface area contributed by atoms with Crippen molar-refractivity contribution in [3.05, 3.63) is 48.5 Å². The number of carbonyl (C=O) groups is 3. The molecule has 2 amide bonds. The van der Waals surface area contributed by atoms with Crippen LogP contribution in [-0.2, 0) is 19.1 Å². The van der Waals surface area contributed by atoms with Crippen LogP contribution in [0.15, 0.2) is 48.5 Å². The summed E-state index contributed by atoms with van der Waals surface area (Å²) in [5.41, 5.74) is 1.11. The van der Waals surface area contributed by atoms with Gasteiger partial charge in [-0.05, 0) is 31.2 Å². The lowest BCUT2D eigenvalue weighted by atomic mass is 10.1. The van der Waals surface area contributed by atoms with E-state index in [4.69, 9.17) is 14.2 Å². The Morgan fingerprint density at radius 1 is 1.07 bits per heavy atom. The molecule has 29 heavy (non-hydrogen) atoms. The van der Waals surface area contributed by atoms with Gasteiger partial charge in [-0.15, -0.1) is 0 Å². The van der Waals surface area contributed by atoms with Crippen molar-refractivity contribution in [2.75, 3.05) is 30.5 Å². The van der Waals surface area contributed by atoms with Crippen molar-refractivity contribution in [3.8, 4) is 11.5 Å². The first-order valence-corrected chi connectivity index (χ1v) is 9.12. The third-order valence-electron chi connectivity index (χ3n) is 4.40. The van der Waals surface area contributed by atoms with Gasteiger partial charge in [-0.3, -0.25) is 9.59 Å². The Morgan fingerprint density at radius 3 is 2.52 bits per heavy atom. The molecule has 0 saturated carbocycles. The summed E-state index contributed by atoms with van der Waals surface area (Å²) in [6.45, 7) is 0.951. The number of carbonyl (C=O) groups excluding carboxylic acids is 3. The molecule has 0 radical (unpaired) electrons. The second-order valence-corrected chi connectivity index (χ2v) is 6.48. The normalized spacial score (nSPS) is 15.6. The lowest BCUT2D eigenvalue weighted by molar-refractivity contribution is -0.150. The predicted octanol–water partition coefficient (Wildman–Crippen LogP) is 2.38. The van der Waals surface area contributed by atoms with Crippen LogP contribution in [0.4, 0.5) is 11.4 Å². The van der Waals surface area contributed by atoms with Crippen LogP contribution in [0.5, 0.6) is 11.5 Å². The molecule has 1 N–H and O–H groups in total. The van der Waals surface area contributed by atoms with E-state index in [0.29, 0.717) is 22.9 Å². The minimum absolute atomic E-state index is 0.144. The van der Waals surface area contributed by atoms with E-state index in [1.807, 2.05) is 0 Å². The van der Waals surface area contributed by atoms with Gasteiger partial charge in [0, 0.05) is 12.5 Å². The molecule has 3 rings (SSSR count). The molecule has 8 nitrogen and oxygen atoms in total. The topological polar surface area (TPSA) is 94.2 Å². The Morgan fingerprint density at radius 2 is 1.76 bits per heavy atom. The maximum Gasteiger partial charge on any atom is 0.344 e. The first kappa shape index (κ1) is 20.2. The first-order chi connectivity index (χ1) is 14.0. The number of para-hydroxylation sites is 4. The molecule has 8 heteroatoms. The number of anilines is 2. The zero-order valence-electron chi connectivity index (χ0n) is 16.2. The second-order valence-electron chi connectivity index (χ2n) is 6.48. The molecular formula is C21H22N2O6. The van der Waals surface area contributed by atoms with Crippen LogP contribution in [0.2, 0.25) is 0 Å².